The molecular weight excluding hydrogens is 254 g/mol. The van der Waals surface area contributed by atoms with Gasteiger partial charge in [-0.3, -0.25) is 0 Å². The smallest absolute Gasteiger partial charge is 0.229 e. The van der Waals surface area contributed by atoms with Crippen LogP contribution in [-0.2, 0) is 11.2 Å². The number of hydrogen-bond donors (Lipinski definition) is 1. The van der Waals surface area contributed by atoms with Crippen molar-refractivity contribution in [2.45, 2.75) is 12.5 Å². The van der Waals surface area contributed by atoms with Crippen molar-refractivity contribution in [1.29, 1.82) is 0 Å². The van der Waals surface area contributed by atoms with Crippen molar-refractivity contribution in [2.75, 3.05) is 13.7 Å². The molecule has 0 aliphatic heterocycles. The summed E-state index contributed by atoms with van der Waals surface area (Å²) in [5.74, 6) is 0.963. The summed E-state index contributed by atoms with van der Waals surface area (Å²) < 4.78 is 10.3. The largest absolute Gasteiger partial charge is 0.380 e. The Morgan fingerprint density at radius 1 is 1.44 bits per heavy atom. The van der Waals surface area contributed by atoms with E-state index in [1.807, 2.05) is 18.2 Å². The van der Waals surface area contributed by atoms with E-state index in [0.717, 1.165) is 5.56 Å². The zero-order chi connectivity index (χ0) is 13.0. The number of rotatable bonds is 5. The summed E-state index contributed by atoms with van der Waals surface area (Å²) in [6.07, 6.45) is 0.370. The molecule has 1 atom stereocenters. The van der Waals surface area contributed by atoms with Crippen LogP contribution in [0.5, 0.6) is 0 Å². The van der Waals surface area contributed by atoms with Gasteiger partial charge in [0.15, 0.2) is 0 Å². The second-order valence-electron chi connectivity index (χ2n) is 3.79. The number of methoxy groups -OCH3 is 1. The number of halogens is 1. The molecule has 1 unspecified atom stereocenters. The quantitative estimate of drug-likeness (QED) is 0.896. The zero-order valence-corrected chi connectivity index (χ0v) is 10.7. The summed E-state index contributed by atoms with van der Waals surface area (Å²) in [5.41, 5.74) is 6.28. The van der Waals surface area contributed by atoms with Crippen molar-refractivity contribution in [2.24, 2.45) is 5.73 Å². The van der Waals surface area contributed by atoms with Gasteiger partial charge < -0.3 is 15.0 Å². The molecule has 1 aromatic heterocycles. The van der Waals surface area contributed by atoms with E-state index < -0.39 is 0 Å². The van der Waals surface area contributed by atoms with Crippen molar-refractivity contribution < 1.29 is 9.26 Å². The minimum atomic E-state index is -0.121. The fourth-order valence-electron chi connectivity index (χ4n) is 1.55. The Labute approximate surface area is 110 Å². The highest BCUT2D eigenvalue weighted by molar-refractivity contribution is 6.33. The minimum Gasteiger partial charge on any atom is -0.380 e. The predicted octanol–water partition coefficient (Wildman–Crippen LogP) is 1.91. The molecule has 5 nitrogen and oxygen atoms in total. The molecule has 1 aromatic carbocycles. The second-order valence-corrected chi connectivity index (χ2v) is 4.20. The molecule has 0 bridgehead atoms. The number of ether oxygens (including phenoxy) is 1. The van der Waals surface area contributed by atoms with Gasteiger partial charge in [0.25, 0.3) is 0 Å². The molecule has 6 heteroatoms. The first kappa shape index (κ1) is 13.0. The van der Waals surface area contributed by atoms with Crippen LogP contribution in [0.3, 0.4) is 0 Å². The van der Waals surface area contributed by atoms with Gasteiger partial charge in [-0.1, -0.05) is 28.9 Å². The molecule has 0 saturated carbocycles. The molecule has 0 saturated heterocycles. The molecule has 1 heterocycles. The van der Waals surface area contributed by atoms with E-state index in [4.69, 9.17) is 26.6 Å². The maximum Gasteiger partial charge on any atom is 0.229 e. The second kappa shape index (κ2) is 5.95. The van der Waals surface area contributed by atoms with E-state index in [0.29, 0.717) is 29.7 Å². The van der Waals surface area contributed by atoms with E-state index in [1.165, 1.54) is 0 Å². The van der Waals surface area contributed by atoms with Crippen LogP contribution in [0.15, 0.2) is 28.8 Å². The van der Waals surface area contributed by atoms with Gasteiger partial charge in [-0.2, -0.15) is 4.98 Å². The molecule has 0 aliphatic rings. The van der Waals surface area contributed by atoms with Gasteiger partial charge in [-0.25, -0.2) is 0 Å². The normalized spacial score (nSPS) is 12.6. The molecular formula is C12H14ClN3O2. The van der Waals surface area contributed by atoms with E-state index in [2.05, 4.69) is 10.1 Å². The average Bonchev–Trinajstić information content (AvgIpc) is 2.85. The third kappa shape index (κ3) is 2.87. The lowest BCUT2D eigenvalue weighted by Crippen LogP contribution is -2.24. The summed E-state index contributed by atoms with van der Waals surface area (Å²) in [7, 11) is 1.60. The van der Waals surface area contributed by atoms with Crippen molar-refractivity contribution in [3.8, 4) is 11.4 Å². The van der Waals surface area contributed by atoms with E-state index in [9.17, 15) is 0 Å². The van der Waals surface area contributed by atoms with Gasteiger partial charge in [-0.15, -0.1) is 0 Å². The Bertz CT molecular complexity index is 512. The maximum atomic E-state index is 6.06. The van der Waals surface area contributed by atoms with Crippen LogP contribution in [0, 0.1) is 0 Å². The van der Waals surface area contributed by atoms with Gasteiger partial charge >= 0.3 is 0 Å². The maximum absolute atomic E-state index is 6.06. The molecule has 2 N–H and O–H groups in total. The molecule has 2 rings (SSSR count). The monoisotopic (exact) mass is 267 g/mol. The predicted molar refractivity (Wildman–Crippen MR) is 68.3 cm³/mol. The lowest BCUT2D eigenvalue weighted by Gasteiger charge is -2.08. The highest BCUT2D eigenvalue weighted by Crippen LogP contribution is 2.24. The van der Waals surface area contributed by atoms with Gasteiger partial charge in [0, 0.05) is 19.2 Å². The van der Waals surface area contributed by atoms with Crippen LogP contribution in [0.2, 0.25) is 5.02 Å². The Morgan fingerprint density at radius 3 is 2.89 bits per heavy atom. The lowest BCUT2D eigenvalue weighted by molar-refractivity contribution is 0.102. The number of nitrogens with zero attached hydrogens (tertiary/aromatic N) is 2. The summed E-state index contributed by atoms with van der Waals surface area (Å²) in [5, 5.41) is 4.49. The number of hydrogen-bond acceptors (Lipinski definition) is 5. The Balaban J connectivity index is 2.18. The first-order valence-electron chi connectivity index (χ1n) is 5.55. The first-order valence-corrected chi connectivity index (χ1v) is 5.92. The standard InChI is InChI=1S/C12H14ClN3O2/c1-17-8(7-14)6-11-15-12(16-18-11)9-4-2-3-5-10(9)13/h2-5,8H,6-7,14H2,1H3. The van der Waals surface area contributed by atoms with Gasteiger partial charge in [0.2, 0.25) is 11.7 Å². The molecule has 0 fully saturated rings. The number of benzene rings is 1. The fraction of sp³-hybridized carbons (Fsp3) is 0.333. The summed E-state index contributed by atoms with van der Waals surface area (Å²) in [6, 6.07) is 7.34. The number of nitrogens with two attached hydrogens (primary N) is 1. The van der Waals surface area contributed by atoms with Crippen molar-refractivity contribution in [3.63, 3.8) is 0 Å². The molecule has 96 valence electrons. The Morgan fingerprint density at radius 2 is 2.22 bits per heavy atom. The van der Waals surface area contributed by atoms with Crippen LogP contribution in [0.1, 0.15) is 5.89 Å². The molecule has 0 amide bonds. The molecule has 0 spiro atoms. The third-order valence-corrected chi connectivity index (χ3v) is 2.91. The topological polar surface area (TPSA) is 74.2 Å². The lowest BCUT2D eigenvalue weighted by atomic mass is 10.2. The van der Waals surface area contributed by atoms with Gasteiger partial charge in [-0.05, 0) is 12.1 Å². The average molecular weight is 268 g/mol. The number of aromatic nitrogens is 2. The van der Waals surface area contributed by atoms with Crippen LogP contribution in [-0.4, -0.2) is 29.9 Å². The van der Waals surface area contributed by atoms with E-state index >= 15 is 0 Å². The Kier molecular flexibility index (Phi) is 4.30. The van der Waals surface area contributed by atoms with Crippen molar-refractivity contribution in [1.82, 2.24) is 10.1 Å². The zero-order valence-electron chi connectivity index (χ0n) is 9.97. The molecule has 0 aliphatic carbocycles. The third-order valence-electron chi connectivity index (χ3n) is 2.58. The van der Waals surface area contributed by atoms with E-state index in [1.54, 1.807) is 13.2 Å². The molecule has 2 aromatic rings. The summed E-state index contributed by atoms with van der Waals surface area (Å²) in [6.45, 7) is 0.403. The van der Waals surface area contributed by atoms with Crippen molar-refractivity contribution >= 4 is 11.6 Å². The van der Waals surface area contributed by atoms with Crippen LogP contribution >= 0.6 is 11.6 Å². The van der Waals surface area contributed by atoms with Crippen LogP contribution in [0.25, 0.3) is 11.4 Å². The van der Waals surface area contributed by atoms with Gasteiger partial charge in [0.1, 0.15) is 0 Å². The van der Waals surface area contributed by atoms with Crippen LogP contribution in [0.4, 0.5) is 0 Å². The SMILES string of the molecule is COC(CN)Cc1nc(-c2ccccc2Cl)no1. The highest BCUT2D eigenvalue weighted by atomic mass is 35.5. The van der Waals surface area contributed by atoms with Crippen molar-refractivity contribution in [3.05, 3.63) is 35.2 Å². The molecule has 0 radical (unpaired) electrons. The minimum absolute atomic E-state index is 0.121. The van der Waals surface area contributed by atoms with Gasteiger partial charge in [0.05, 0.1) is 17.5 Å². The summed E-state index contributed by atoms with van der Waals surface area (Å²) in [4.78, 5) is 4.28. The summed E-state index contributed by atoms with van der Waals surface area (Å²) >= 11 is 6.06. The fourth-order valence-corrected chi connectivity index (χ4v) is 1.77. The Hall–Kier alpha value is -1.43. The van der Waals surface area contributed by atoms with Crippen LogP contribution < -0.4 is 5.73 Å². The first-order chi connectivity index (χ1) is 8.74. The highest BCUT2D eigenvalue weighted by Gasteiger charge is 2.15. The van der Waals surface area contributed by atoms with E-state index in [-0.39, 0.29) is 6.10 Å². The molecule has 18 heavy (non-hydrogen) atoms.